The Morgan fingerprint density at radius 2 is 2.00 bits per heavy atom. The molecule has 1 atom stereocenters. The Balaban J connectivity index is 2.66. The number of nitriles is 1. The molecular formula is C12H16N2O. The van der Waals surface area contributed by atoms with Crippen LogP contribution in [-0.4, -0.2) is 20.7 Å². The highest BCUT2D eigenvalue weighted by Gasteiger charge is 2.05. The molecule has 0 aromatic heterocycles. The number of ether oxygens (including phenoxy) is 1. The van der Waals surface area contributed by atoms with Crippen LogP contribution in [0.2, 0.25) is 0 Å². The molecular weight excluding hydrogens is 188 g/mol. The molecule has 0 amide bonds. The topological polar surface area (TPSA) is 36.3 Å². The van der Waals surface area contributed by atoms with E-state index in [0.29, 0.717) is 0 Å². The van der Waals surface area contributed by atoms with E-state index in [4.69, 9.17) is 10.00 Å². The van der Waals surface area contributed by atoms with E-state index in [1.807, 2.05) is 38.2 Å². The first-order valence-corrected chi connectivity index (χ1v) is 4.92. The number of hydrogen-bond acceptors (Lipinski definition) is 3. The second kappa shape index (κ2) is 5.26. The first-order valence-electron chi connectivity index (χ1n) is 4.92. The van der Waals surface area contributed by atoms with Gasteiger partial charge in [-0.3, -0.25) is 0 Å². The van der Waals surface area contributed by atoms with Crippen molar-refractivity contribution < 1.29 is 4.74 Å². The third-order valence-electron chi connectivity index (χ3n) is 2.28. The Bertz CT molecular complexity index is 340. The molecule has 0 N–H and O–H groups in total. The summed E-state index contributed by atoms with van der Waals surface area (Å²) < 4.78 is 5.08. The third-order valence-corrected chi connectivity index (χ3v) is 2.28. The largest absolute Gasteiger partial charge is 0.497 e. The van der Waals surface area contributed by atoms with Crippen LogP contribution in [0.15, 0.2) is 24.3 Å². The lowest BCUT2D eigenvalue weighted by molar-refractivity contribution is 0.415. The highest BCUT2D eigenvalue weighted by atomic mass is 16.5. The molecule has 80 valence electrons. The lowest BCUT2D eigenvalue weighted by atomic mass is 10.2. The Morgan fingerprint density at radius 1 is 1.40 bits per heavy atom. The van der Waals surface area contributed by atoms with Crippen molar-refractivity contribution in [2.75, 3.05) is 25.6 Å². The van der Waals surface area contributed by atoms with Crippen molar-refractivity contribution in [2.24, 2.45) is 5.92 Å². The fourth-order valence-corrected chi connectivity index (χ4v) is 1.39. The van der Waals surface area contributed by atoms with Gasteiger partial charge in [0.15, 0.2) is 0 Å². The van der Waals surface area contributed by atoms with Gasteiger partial charge in [0.1, 0.15) is 5.75 Å². The molecule has 1 rings (SSSR count). The van der Waals surface area contributed by atoms with Gasteiger partial charge in [0, 0.05) is 19.3 Å². The zero-order chi connectivity index (χ0) is 11.3. The van der Waals surface area contributed by atoms with Crippen LogP contribution in [0.3, 0.4) is 0 Å². The molecule has 1 aromatic rings. The van der Waals surface area contributed by atoms with Gasteiger partial charge in [0.2, 0.25) is 0 Å². The molecule has 3 nitrogen and oxygen atoms in total. The molecule has 3 heteroatoms. The number of rotatable bonds is 4. The van der Waals surface area contributed by atoms with E-state index >= 15 is 0 Å². The third kappa shape index (κ3) is 3.17. The molecule has 0 heterocycles. The van der Waals surface area contributed by atoms with E-state index in [1.165, 1.54) is 0 Å². The van der Waals surface area contributed by atoms with E-state index in [2.05, 4.69) is 11.0 Å². The van der Waals surface area contributed by atoms with Crippen molar-refractivity contribution in [1.29, 1.82) is 5.26 Å². The fraction of sp³-hybridized carbons (Fsp3) is 0.417. The second-order valence-electron chi connectivity index (χ2n) is 3.61. The van der Waals surface area contributed by atoms with Crippen LogP contribution in [0.1, 0.15) is 6.92 Å². The maximum atomic E-state index is 8.72. The molecule has 0 aliphatic heterocycles. The van der Waals surface area contributed by atoms with Gasteiger partial charge in [-0.1, -0.05) is 0 Å². The van der Waals surface area contributed by atoms with Crippen molar-refractivity contribution in [3.8, 4) is 11.8 Å². The van der Waals surface area contributed by atoms with Crippen LogP contribution in [0.25, 0.3) is 0 Å². The van der Waals surface area contributed by atoms with Crippen LogP contribution in [0, 0.1) is 17.2 Å². The highest BCUT2D eigenvalue weighted by Crippen LogP contribution is 2.18. The van der Waals surface area contributed by atoms with Gasteiger partial charge in [-0.2, -0.15) is 5.26 Å². The maximum Gasteiger partial charge on any atom is 0.119 e. The molecule has 0 saturated heterocycles. The maximum absolute atomic E-state index is 8.72. The number of hydrogen-bond donors (Lipinski definition) is 0. The lowest BCUT2D eigenvalue weighted by Crippen LogP contribution is -2.22. The SMILES string of the molecule is COc1ccc(N(C)CC(C)C#N)cc1. The Morgan fingerprint density at radius 3 is 2.47 bits per heavy atom. The average Bonchev–Trinajstić information content (AvgIpc) is 2.29. The zero-order valence-electron chi connectivity index (χ0n) is 9.40. The Hall–Kier alpha value is -1.69. The number of nitrogens with zero attached hydrogens (tertiary/aromatic N) is 2. The van der Waals surface area contributed by atoms with Gasteiger partial charge in [-0.25, -0.2) is 0 Å². The van der Waals surface area contributed by atoms with E-state index in [1.54, 1.807) is 7.11 Å². The quantitative estimate of drug-likeness (QED) is 0.755. The van der Waals surface area contributed by atoms with Gasteiger partial charge in [-0.15, -0.1) is 0 Å². The first kappa shape index (κ1) is 11.4. The van der Waals surface area contributed by atoms with Crippen LogP contribution >= 0.6 is 0 Å². The molecule has 1 unspecified atom stereocenters. The lowest BCUT2D eigenvalue weighted by Gasteiger charge is -2.20. The van der Waals surface area contributed by atoms with Crippen LogP contribution < -0.4 is 9.64 Å². The summed E-state index contributed by atoms with van der Waals surface area (Å²) in [7, 11) is 3.63. The molecule has 0 bridgehead atoms. The summed E-state index contributed by atoms with van der Waals surface area (Å²) >= 11 is 0. The number of anilines is 1. The van der Waals surface area contributed by atoms with E-state index < -0.39 is 0 Å². The van der Waals surface area contributed by atoms with E-state index in [-0.39, 0.29) is 5.92 Å². The van der Waals surface area contributed by atoms with Crippen molar-refractivity contribution in [3.05, 3.63) is 24.3 Å². The predicted molar refractivity (Wildman–Crippen MR) is 61.0 cm³/mol. The predicted octanol–water partition coefficient (Wildman–Crippen LogP) is 2.29. The molecule has 0 saturated carbocycles. The number of methoxy groups -OCH3 is 1. The molecule has 15 heavy (non-hydrogen) atoms. The minimum Gasteiger partial charge on any atom is -0.497 e. The highest BCUT2D eigenvalue weighted by molar-refractivity contribution is 5.48. The Kier molecular flexibility index (Phi) is 3.99. The first-order chi connectivity index (χ1) is 7.17. The standard InChI is InChI=1S/C12H16N2O/c1-10(8-13)9-14(2)11-4-6-12(15-3)7-5-11/h4-7,10H,9H2,1-3H3. The van der Waals surface area contributed by atoms with Crippen molar-refractivity contribution >= 4 is 5.69 Å². The molecule has 0 aliphatic carbocycles. The van der Waals surface area contributed by atoms with Gasteiger partial charge in [0.05, 0.1) is 19.1 Å². The van der Waals surface area contributed by atoms with Crippen LogP contribution in [0.5, 0.6) is 5.75 Å². The normalized spacial score (nSPS) is 11.6. The minimum atomic E-state index is 0.0390. The van der Waals surface area contributed by atoms with Gasteiger partial charge in [0.25, 0.3) is 0 Å². The molecule has 0 aliphatic rings. The molecule has 0 spiro atoms. The zero-order valence-corrected chi connectivity index (χ0v) is 9.40. The smallest absolute Gasteiger partial charge is 0.119 e. The number of benzene rings is 1. The van der Waals surface area contributed by atoms with E-state index in [0.717, 1.165) is 18.0 Å². The summed E-state index contributed by atoms with van der Waals surface area (Å²) in [5.74, 6) is 0.887. The average molecular weight is 204 g/mol. The summed E-state index contributed by atoms with van der Waals surface area (Å²) in [6.45, 7) is 2.66. The van der Waals surface area contributed by atoms with Crippen LogP contribution in [-0.2, 0) is 0 Å². The van der Waals surface area contributed by atoms with Gasteiger partial charge >= 0.3 is 0 Å². The molecule has 0 radical (unpaired) electrons. The summed E-state index contributed by atoms with van der Waals surface area (Å²) in [6.07, 6.45) is 0. The van der Waals surface area contributed by atoms with E-state index in [9.17, 15) is 0 Å². The van der Waals surface area contributed by atoms with Gasteiger partial charge < -0.3 is 9.64 Å². The van der Waals surface area contributed by atoms with Crippen molar-refractivity contribution in [2.45, 2.75) is 6.92 Å². The van der Waals surface area contributed by atoms with Crippen molar-refractivity contribution in [3.63, 3.8) is 0 Å². The summed E-state index contributed by atoms with van der Waals surface area (Å²) in [5, 5.41) is 8.72. The van der Waals surface area contributed by atoms with Crippen LogP contribution in [0.4, 0.5) is 5.69 Å². The summed E-state index contributed by atoms with van der Waals surface area (Å²) in [4.78, 5) is 2.06. The summed E-state index contributed by atoms with van der Waals surface area (Å²) in [5.41, 5.74) is 1.10. The van der Waals surface area contributed by atoms with Crippen molar-refractivity contribution in [1.82, 2.24) is 0 Å². The summed E-state index contributed by atoms with van der Waals surface area (Å²) in [6, 6.07) is 10.0. The molecule has 1 aromatic carbocycles. The molecule has 0 fully saturated rings. The monoisotopic (exact) mass is 204 g/mol. The second-order valence-corrected chi connectivity index (χ2v) is 3.61. The Labute approximate surface area is 90.9 Å². The van der Waals surface area contributed by atoms with Gasteiger partial charge in [-0.05, 0) is 31.2 Å². The fourth-order valence-electron chi connectivity index (χ4n) is 1.39. The minimum absolute atomic E-state index is 0.0390.